The average molecular weight is 583 g/mol. The van der Waals surface area contributed by atoms with E-state index in [4.69, 9.17) is 9.47 Å². The molecule has 5 rings (SSSR count). The second-order valence-corrected chi connectivity index (χ2v) is 9.66. The van der Waals surface area contributed by atoms with E-state index >= 15 is 0 Å². The summed E-state index contributed by atoms with van der Waals surface area (Å²) in [4.78, 5) is 25.0. The largest absolute Gasteiger partial charge is 0.489 e. The van der Waals surface area contributed by atoms with Crippen LogP contribution >= 0.6 is 0 Å². The van der Waals surface area contributed by atoms with Gasteiger partial charge in [0.2, 0.25) is 0 Å². The van der Waals surface area contributed by atoms with Crippen LogP contribution in [0.4, 0.5) is 0 Å². The van der Waals surface area contributed by atoms with Crippen LogP contribution in [0.2, 0.25) is 0 Å². The fourth-order valence-electron chi connectivity index (χ4n) is 4.01. The van der Waals surface area contributed by atoms with Gasteiger partial charge in [0.25, 0.3) is 11.8 Å². The Bertz CT molecular complexity index is 1570. The van der Waals surface area contributed by atoms with Crippen LogP contribution in [-0.4, -0.2) is 24.2 Å². The minimum Gasteiger partial charge on any atom is -0.489 e. The number of nitrogens with zero attached hydrogens (tertiary/aromatic N) is 2. The molecule has 0 spiro atoms. The van der Waals surface area contributed by atoms with Crippen LogP contribution in [0.1, 0.15) is 43.0 Å². The van der Waals surface area contributed by atoms with E-state index in [2.05, 4.69) is 21.1 Å². The summed E-state index contributed by atoms with van der Waals surface area (Å²) in [7, 11) is 0. The van der Waals surface area contributed by atoms with Crippen LogP contribution in [-0.2, 0) is 13.2 Å². The van der Waals surface area contributed by atoms with Crippen molar-refractivity contribution >= 4 is 24.2 Å². The number of hydrazone groups is 2. The van der Waals surface area contributed by atoms with E-state index < -0.39 is 11.8 Å². The standard InChI is InChI=1S/C36H30N4O4/c41-35(39-37-23-27-11-19-33(20-12-27)43-25-29-7-3-1-4-8-29)31-15-17-32(18-16-31)36(42)40-38-24-28-13-21-34(22-14-28)44-26-30-9-5-2-6-10-30/h1-24H,25-26H2,(H,39,41)(H,40,42). The molecular weight excluding hydrogens is 552 g/mol. The van der Waals surface area contributed by atoms with Gasteiger partial charge < -0.3 is 9.47 Å². The summed E-state index contributed by atoms with van der Waals surface area (Å²) < 4.78 is 11.6. The van der Waals surface area contributed by atoms with Crippen LogP contribution in [0.3, 0.4) is 0 Å². The van der Waals surface area contributed by atoms with E-state index in [0.29, 0.717) is 24.3 Å². The van der Waals surface area contributed by atoms with Gasteiger partial charge in [0.05, 0.1) is 12.4 Å². The monoisotopic (exact) mass is 582 g/mol. The van der Waals surface area contributed by atoms with E-state index in [-0.39, 0.29) is 0 Å². The van der Waals surface area contributed by atoms with Gasteiger partial charge in [-0.05, 0) is 95.1 Å². The molecule has 0 bridgehead atoms. The molecule has 44 heavy (non-hydrogen) atoms. The van der Waals surface area contributed by atoms with Gasteiger partial charge in [-0.3, -0.25) is 9.59 Å². The van der Waals surface area contributed by atoms with Crippen molar-refractivity contribution in [2.45, 2.75) is 13.2 Å². The summed E-state index contributed by atoms with van der Waals surface area (Å²) in [5, 5.41) is 8.05. The Morgan fingerprint density at radius 2 is 0.864 bits per heavy atom. The van der Waals surface area contributed by atoms with Crippen molar-refractivity contribution in [2.75, 3.05) is 0 Å². The number of nitrogens with one attached hydrogen (secondary N) is 2. The number of hydrogen-bond donors (Lipinski definition) is 2. The summed E-state index contributed by atoms with van der Waals surface area (Å²) in [5.74, 6) is 0.683. The van der Waals surface area contributed by atoms with Gasteiger partial charge in [-0.25, -0.2) is 10.9 Å². The number of carbonyl (C=O) groups excluding carboxylic acids is 2. The van der Waals surface area contributed by atoms with Gasteiger partial charge in [0.1, 0.15) is 24.7 Å². The van der Waals surface area contributed by atoms with Crippen molar-refractivity contribution in [1.29, 1.82) is 0 Å². The highest BCUT2D eigenvalue weighted by Crippen LogP contribution is 2.15. The molecule has 0 aliphatic carbocycles. The summed E-state index contributed by atoms with van der Waals surface area (Å²) in [6, 6.07) is 40.8. The van der Waals surface area contributed by atoms with Gasteiger partial charge in [-0.2, -0.15) is 10.2 Å². The highest BCUT2D eigenvalue weighted by Gasteiger charge is 2.08. The van der Waals surface area contributed by atoms with Crippen molar-refractivity contribution in [3.05, 3.63) is 167 Å². The second kappa shape index (κ2) is 15.3. The summed E-state index contributed by atoms with van der Waals surface area (Å²) in [6.07, 6.45) is 3.09. The number of rotatable bonds is 12. The maximum absolute atomic E-state index is 12.5. The quantitative estimate of drug-likeness (QED) is 0.132. The molecule has 5 aromatic carbocycles. The molecule has 0 aromatic heterocycles. The molecule has 8 nitrogen and oxygen atoms in total. The Balaban J connectivity index is 1.04. The number of ether oxygens (including phenoxy) is 2. The summed E-state index contributed by atoms with van der Waals surface area (Å²) in [5.41, 5.74) is 9.50. The van der Waals surface area contributed by atoms with Crippen LogP contribution < -0.4 is 20.3 Å². The fraction of sp³-hybridized carbons (Fsp3) is 0.0556. The van der Waals surface area contributed by atoms with Gasteiger partial charge in [-0.15, -0.1) is 0 Å². The second-order valence-electron chi connectivity index (χ2n) is 9.66. The summed E-state index contributed by atoms with van der Waals surface area (Å²) in [6.45, 7) is 0.970. The molecule has 0 heterocycles. The SMILES string of the molecule is O=C(NN=Cc1ccc(OCc2ccccc2)cc1)c1ccc(C(=O)NN=Cc2ccc(OCc3ccccc3)cc2)cc1. The highest BCUT2D eigenvalue weighted by molar-refractivity contribution is 5.98. The zero-order valence-electron chi connectivity index (χ0n) is 23.8. The first-order chi connectivity index (χ1) is 21.6. The molecular formula is C36H30N4O4. The van der Waals surface area contributed by atoms with E-state index in [9.17, 15) is 9.59 Å². The molecule has 0 aliphatic heterocycles. The molecule has 8 heteroatoms. The Hall–Kier alpha value is -6.02. The van der Waals surface area contributed by atoms with Crippen molar-refractivity contribution in [1.82, 2.24) is 10.9 Å². The molecule has 2 amide bonds. The number of hydrogen-bond acceptors (Lipinski definition) is 6. The topological polar surface area (TPSA) is 101 Å². The molecule has 0 aliphatic rings. The predicted octanol–water partition coefficient (Wildman–Crippen LogP) is 6.37. The molecule has 0 radical (unpaired) electrons. The van der Waals surface area contributed by atoms with Crippen molar-refractivity contribution in [3.8, 4) is 11.5 Å². The third-order valence-corrected chi connectivity index (χ3v) is 6.43. The predicted molar refractivity (Wildman–Crippen MR) is 171 cm³/mol. The van der Waals surface area contributed by atoms with Gasteiger partial charge in [0, 0.05) is 11.1 Å². The van der Waals surface area contributed by atoms with Gasteiger partial charge in [-0.1, -0.05) is 60.7 Å². The number of amides is 2. The molecule has 2 N–H and O–H groups in total. The Morgan fingerprint density at radius 3 is 1.23 bits per heavy atom. The van der Waals surface area contributed by atoms with E-state index in [1.54, 1.807) is 36.7 Å². The zero-order chi connectivity index (χ0) is 30.4. The van der Waals surface area contributed by atoms with E-state index in [1.165, 1.54) is 0 Å². The Labute approximate surface area is 255 Å². The minimum atomic E-state index is -0.398. The highest BCUT2D eigenvalue weighted by atomic mass is 16.5. The molecule has 0 fully saturated rings. The first kappa shape index (κ1) is 29.5. The lowest BCUT2D eigenvalue weighted by Gasteiger charge is -2.06. The smallest absolute Gasteiger partial charge is 0.271 e. The first-order valence-corrected chi connectivity index (χ1v) is 13.9. The zero-order valence-corrected chi connectivity index (χ0v) is 23.8. The summed E-state index contributed by atoms with van der Waals surface area (Å²) >= 11 is 0. The number of benzene rings is 5. The van der Waals surface area contributed by atoms with Gasteiger partial charge >= 0.3 is 0 Å². The molecule has 0 unspecified atom stereocenters. The molecule has 218 valence electrons. The molecule has 0 atom stereocenters. The van der Waals surface area contributed by atoms with Crippen molar-refractivity contribution < 1.29 is 19.1 Å². The third kappa shape index (κ3) is 8.99. The van der Waals surface area contributed by atoms with E-state index in [1.807, 2.05) is 109 Å². The Kier molecular flexibility index (Phi) is 10.2. The lowest BCUT2D eigenvalue weighted by molar-refractivity contribution is 0.0943. The maximum Gasteiger partial charge on any atom is 0.271 e. The molecule has 0 saturated heterocycles. The van der Waals surface area contributed by atoms with Crippen LogP contribution in [0.5, 0.6) is 11.5 Å². The van der Waals surface area contributed by atoms with Crippen molar-refractivity contribution in [2.24, 2.45) is 10.2 Å². The minimum absolute atomic E-state index is 0.362. The van der Waals surface area contributed by atoms with Crippen LogP contribution in [0.25, 0.3) is 0 Å². The lowest BCUT2D eigenvalue weighted by atomic mass is 10.1. The van der Waals surface area contributed by atoms with Crippen LogP contribution in [0, 0.1) is 0 Å². The lowest BCUT2D eigenvalue weighted by Crippen LogP contribution is -2.19. The van der Waals surface area contributed by atoms with Gasteiger partial charge in [0.15, 0.2) is 0 Å². The Morgan fingerprint density at radius 1 is 0.500 bits per heavy atom. The fourth-order valence-corrected chi connectivity index (χ4v) is 4.01. The molecule has 5 aromatic rings. The van der Waals surface area contributed by atoms with Crippen molar-refractivity contribution in [3.63, 3.8) is 0 Å². The molecule has 0 saturated carbocycles. The van der Waals surface area contributed by atoms with E-state index in [0.717, 1.165) is 33.8 Å². The average Bonchev–Trinajstić information content (AvgIpc) is 3.08. The normalized spacial score (nSPS) is 10.9. The number of carbonyl (C=O) groups is 2. The third-order valence-electron chi connectivity index (χ3n) is 6.43. The first-order valence-electron chi connectivity index (χ1n) is 13.9. The maximum atomic E-state index is 12.5. The van der Waals surface area contributed by atoms with Crippen LogP contribution in [0.15, 0.2) is 144 Å².